The van der Waals surface area contributed by atoms with E-state index in [1.807, 2.05) is 24.3 Å². The largest absolute Gasteiger partial charge is 0.489 e. The minimum Gasteiger partial charge on any atom is -0.489 e. The average molecular weight is 318 g/mol. The molecule has 0 radical (unpaired) electrons. The topological polar surface area (TPSA) is 66.5 Å². The van der Waals surface area contributed by atoms with Crippen LogP contribution >= 0.6 is 0 Å². The molecule has 2 rings (SSSR count). The number of aromatic nitrogens is 1. The molecule has 126 valence electrons. The highest BCUT2D eigenvalue weighted by atomic mass is 16.5. The number of ether oxygens (including phenoxy) is 2. The zero-order valence-corrected chi connectivity index (χ0v) is 14.4. The highest BCUT2D eigenvalue weighted by molar-refractivity contribution is 5.88. The number of hydrogen-bond acceptors (Lipinski definition) is 4. The van der Waals surface area contributed by atoms with Crippen LogP contribution in [0.15, 0.2) is 29.1 Å². The van der Waals surface area contributed by atoms with Crippen molar-refractivity contribution in [2.75, 3.05) is 20.3 Å². The molecule has 2 aromatic rings. The van der Waals surface area contributed by atoms with Gasteiger partial charge in [0.25, 0.3) is 5.56 Å². The van der Waals surface area contributed by atoms with Gasteiger partial charge in [-0.25, -0.2) is 0 Å². The van der Waals surface area contributed by atoms with E-state index in [0.29, 0.717) is 30.9 Å². The molecule has 0 fully saturated rings. The Bertz CT molecular complexity index is 729. The van der Waals surface area contributed by atoms with Crippen LogP contribution in [0.5, 0.6) is 5.75 Å². The first-order valence-electron chi connectivity index (χ1n) is 7.85. The van der Waals surface area contributed by atoms with Gasteiger partial charge in [0.05, 0.1) is 17.7 Å². The van der Waals surface area contributed by atoms with Gasteiger partial charge in [-0.1, -0.05) is 39.0 Å². The zero-order chi connectivity index (χ0) is 17.0. The van der Waals surface area contributed by atoms with Gasteiger partial charge in [0.15, 0.2) is 0 Å². The molecule has 5 nitrogen and oxygen atoms in total. The van der Waals surface area contributed by atoms with Crippen molar-refractivity contribution in [2.45, 2.75) is 33.9 Å². The Labute approximate surface area is 137 Å². The van der Waals surface area contributed by atoms with Gasteiger partial charge in [-0.05, 0) is 11.5 Å². The van der Waals surface area contributed by atoms with Crippen molar-refractivity contribution in [3.8, 4) is 5.75 Å². The van der Waals surface area contributed by atoms with Crippen molar-refractivity contribution >= 4 is 10.8 Å². The van der Waals surface area contributed by atoms with Crippen molar-refractivity contribution in [1.29, 1.82) is 0 Å². The molecule has 0 unspecified atom stereocenters. The number of nitrogens with two attached hydrogens (primary N) is 1. The molecule has 1 aromatic carbocycles. The van der Waals surface area contributed by atoms with Gasteiger partial charge in [0, 0.05) is 25.6 Å². The lowest BCUT2D eigenvalue weighted by molar-refractivity contribution is 0.145. The van der Waals surface area contributed by atoms with E-state index >= 15 is 0 Å². The molecular formula is C18H26N2O3. The molecule has 23 heavy (non-hydrogen) atoms. The molecular weight excluding hydrogens is 292 g/mol. The lowest BCUT2D eigenvalue weighted by Crippen LogP contribution is -2.31. The van der Waals surface area contributed by atoms with Crippen LogP contribution < -0.4 is 16.0 Å². The minimum atomic E-state index is -0.0417. The summed E-state index contributed by atoms with van der Waals surface area (Å²) < 4.78 is 12.7. The maximum absolute atomic E-state index is 12.9. The normalized spacial score (nSPS) is 11.9. The van der Waals surface area contributed by atoms with Crippen molar-refractivity contribution < 1.29 is 9.47 Å². The summed E-state index contributed by atoms with van der Waals surface area (Å²) in [5.41, 5.74) is 6.64. The summed E-state index contributed by atoms with van der Waals surface area (Å²) in [7, 11) is 1.63. The predicted molar refractivity (Wildman–Crippen MR) is 92.9 cm³/mol. The van der Waals surface area contributed by atoms with Gasteiger partial charge in [0.2, 0.25) is 0 Å². The summed E-state index contributed by atoms with van der Waals surface area (Å²) >= 11 is 0. The van der Waals surface area contributed by atoms with Gasteiger partial charge >= 0.3 is 0 Å². The molecule has 0 saturated heterocycles. The molecule has 0 spiro atoms. The molecule has 1 aromatic heterocycles. The summed E-state index contributed by atoms with van der Waals surface area (Å²) in [6.07, 6.45) is 0. The van der Waals surface area contributed by atoms with E-state index < -0.39 is 0 Å². The summed E-state index contributed by atoms with van der Waals surface area (Å²) in [5.74, 6) is 0.684. The van der Waals surface area contributed by atoms with Crippen LogP contribution in [0.4, 0.5) is 0 Å². The van der Waals surface area contributed by atoms with E-state index in [9.17, 15) is 4.79 Å². The molecule has 0 saturated carbocycles. The number of methoxy groups -OCH3 is 1. The molecule has 0 amide bonds. The van der Waals surface area contributed by atoms with Crippen LogP contribution in [0, 0.1) is 5.41 Å². The lowest BCUT2D eigenvalue weighted by Gasteiger charge is -2.25. The molecule has 0 aliphatic carbocycles. The number of benzene rings is 1. The van der Waals surface area contributed by atoms with Crippen LogP contribution in [0.1, 0.15) is 26.5 Å². The van der Waals surface area contributed by atoms with E-state index in [4.69, 9.17) is 15.2 Å². The van der Waals surface area contributed by atoms with Gasteiger partial charge in [-0.3, -0.25) is 4.79 Å². The number of fused-ring (bicyclic) bond motifs is 1. The van der Waals surface area contributed by atoms with E-state index in [-0.39, 0.29) is 17.5 Å². The highest BCUT2D eigenvalue weighted by Gasteiger charge is 2.20. The van der Waals surface area contributed by atoms with E-state index in [1.54, 1.807) is 11.7 Å². The first-order valence-corrected chi connectivity index (χ1v) is 7.85. The number of rotatable bonds is 6. The monoisotopic (exact) mass is 318 g/mol. The van der Waals surface area contributed by atoms with Crippen molar-refractivity contribution in [2.24, 2.45) is 11.1 Å². The zero-order valence-electron chi connectivity index (χ0n) is 14.4. The molecule has 2 N–H and O–H groups in total. The summed E-state index contributed by atoms with van der Waals surface area (Å²) in [5, 5.41) is 1.46. The first-order chi connectivity index (χ1) is 10.9. The quantitative estimate of drug-likeness (QED) is 0.831. The van der Waals surface area contributed by atoms with Crippen LogP contribution in [-0.2, 0) is 17.8 Å². The standard InChI is InChI=1S/C18H26N2O3/c1-18(2,3)12-20-15(11-19)16(23-10-9-22-4)13-7-5-6-8-14(13)17(20)21/h5-8H,9-12,19H2,1-4H3. The van der Waals surface area contributed by atoms with Gasteiger partial charge in [-0.15, -0.1) is 0 Å². The Hall–Kier alpha value is -1.85. The number of nitrogens with zero attached hydrogens (tertiary/aromatic N) is 1. The maximum atomic E-state index is 12.9. The van der Waals surface area contributed by atoms with Crippen molar-refractivity contribution in [1.82, 2.24) is 4.57 Å². The molecule has 0 aliphatic rings. The SMILES string of the molecule is COCCOc1c(CN)n(CC(C)(C)C)c(=O)c2ccccc12. The number of pyridine rings is 1. The van der Waals surface area contributed by atoms with E-state index in [0.717, 1.165) is 11.1 Å². The third-order valence-corrected chi connectivity index (χ3v) is 3.59. The Morgan fingerprint density at radius 2 is 1.78 bits per heavy atom. The smallest absolute Gasteiger partial charge is 0.258 e. The minimum absolute atomic E-state index is 0.0185. The Morgan fingerprint density at radius 3 is 2.35 bits per heavy atom. The van der Waals surface area contributed by atoms with E-state index in [1.165, 1.54) is 0 Å². The molecule has 5 heteroatoms. The maximum Gasteiger partial charge on any atom is 0.258 e. The second-order valence-electron chi connectivity index (χ2n) is 6.82. The highest BCUT2D eigenvalue weighted by Crippen LogP contribution is 2.29. The van der Waals surface area contributed by atoms with Crippen molar-refractivity contribution in [3.63, 3.8) is 0 Å². The fourth-order valence-corrected chi connectivity index (χ4v) is 2.65. The molecule has 0 atom stereocenters. The lowest BCUT2D eigenvalue weighted by atomic mass is 9.96. The summed E-state index contributed by atoms with van der Waals surface area (Å²) in [4.78, 5) is 12.9. The molecule has 0 aliphatic heterocycles. The fourth-order valence-electron chi connectivity index (χ4n) is 2.65. The van der Waals surface area contributed by atoms with Crippen LogP contribution in [0.3, 0.4) is 0 Å². The van der Waals surface area contributed by atoms with Crippen LogP contribution in [-0.4, -0.2) is 24.9 Å². The van der Waals surface area contributed by atoms with Gasteiger partial charge in [-0.2, -0.15) is 0 Å². The molecule has 1 heterocycles. The Morgan fingerprint density at radius 1 is 1.13 bits per heavy atom. The second-order valence-corrected chi connectivity index (χ2v) is 6.82. The predicted octanol–water partition coefficient (Wildman–Crippen LogP) is 2.53. The third kappa shape index (κ3) is 3.92. The summed E-state index contributed by atoms with van der Waals surface area (Å²) in [6.45, 7) is 8.03. The third-order valence-electron chi connectivity index (χ3n) is 3.59. The van der Waals surface area contributed by atoms with Gasteiger partial charge in [0.1, 0.15) is 12.4 Å². The average Bonchev–Trinajstić information content (AvgIpc) is 2.50. The summed E-state index contributed by atoms with van der Waals surface area (Å²) in [6, 6.07) is 7.51. The fraction of sp³-hybridized carbons (Fsp3) is 0.500. The number of hydrogen-bond donors (Lipinski definition) is 1. The van der Waals surface area contributed by atoms with Crippen molar-refractivity contribution in [3.05, 3.63) is 40.3 Å². The van der Waals surface area contributed by atoms with E-state index in [2.05, 4.69) is 20.8 Å². The van der Waals surface area contributed by atoms with Crippen LogP contribution in [0.25, 0.3) is 10.8 Å². The second kappa shape index (κ2) is 7.15. The molecule has 0 bridgehead atoms. The Kier molecular flexibility index (Phi) is 5.44. The Balaban J connectivity index is 2.69. The van der Waals surface area contributed by atoms with Crippen LogP contribution in [0.2, 0.25) is 0 Å². The first kappa shape index (κ1) is 17.5. The van der Waals surface area contributed by atoms with Gasteiger partial charge < -0.3 is 19.8 Å².